The van der Waals surface area contributed by atoms with Gasteiger partial charge < -0.3 is 15.3 Å². The molecule has 4 nitrogen and oxygen atoms in total. The molecular weight excluding hydrogens is 416 g/mol. The first-order valence-electron chi connectivity index (χ1n) is 8.45. The van der Waals surface area contributed by atoms with E-state index in [2.05, 4.69) is 10.5 Å². The predicted molar refractivity (Wildman–Crippen MR) is 99.6 cm³/mol. The van der Waals surface area contributed by atoms with Crippen molar-refractivity contribution in [2.24, 2.45) is 5.16 Å². The third-order valence-electron chi connectivity index (χ3n) is 5.11. The summed E-state index contributed by atoms with van der Waals surface area (Å²) < 4.78 is 42.0. The Morgan fingerprint density at radius 3 is 2.11 bits per heavy atom. The smallest absolute Gasteiger partial charge is 0.382 e. The number of β-amino-alcohol motifs (C(OH)–C–C–N with tert-alkyl or cyclic N) is 1. The van der Waals surface area contributed by atoms with Gasteiger partial charge in [0.05, 0.1) is 5.71 Å². The minimum atomic E-state index is -4.74. The van der Waals surface area contributed by atoms with Gasteiger partial charge in [-0.05, 0) is 29.3 Å². The van der Waals surface area contributed by atoms with Gasteiger partial charge in [0.25, 0.3) is 5.60 Å². The normalized spacial score (nSPS) is 23.7. The zero-order valence-corrected chi connectivity index (χ0v) is 15.9. The summed E-state index contributed by atoms with van der Waals surface area (Å²) in [6.45, 7) is 0.867. The molecule has 2 N–H and O–H groups in total. The molecule has 1 saturated heterocycles. The molecule has 0 radical (unpaired) electrons. The van der Waals surface area contributed by atoms with Crippen LogP contribution in [-0.2, 0) is 16.0 Å². The Bertz CT molecular complexity index is 923. The van der Waals surface area contributed by atoms with E-state index in [0.717, 1.165) is 0 Å². The lowest BCUT2D eigenvalue weighted by Crippen LogP contribution is -2.56. The minimum absolute atomic E-state index is 0.0786. The van der Waals surface area contributed by atoms with Crippen LogP contribution in [0.5, 0.6) is 0 Å². The topological polar surface area (TPSA) is 53.9 Å². The maximum Gasteiger partial charge on any atom is 0.435 e. The van der Waals surface area contributed by atoms with E-state index < -0.39 is 23.8 Å². The van der Waals surface area contributed by atoms with Crippen LogP contribution in [-0.4, -0.2) is 30.1 Å². The largest absolute Gasteiger partial charge is 0.435 e. The molecule has 2 aliphatic rings. The first kappa shape index (κ1) is 19.5. The highest BCUT2D eigenvalue weighted by atomic mass is 35.5. The van der Waals surface area contributed by atoms with Gasteiger partial charge in [0.15, 0.2) is 0 Å². The van der Waals surface area contributed by atoms with Crippen molar-refractivity contribution in [1.82, 2.24) is 5.32 Å². The Morgan fingerprint density at radius 2 is 1.61 bits per heavy atom. The summed E-state index contributed by atoms with van der Waals surface area (Å²) in [7, 11) is 0. The Kier molecular flexibility index (Phi) is 4.62. The van der Waals surface area contributed by atoms with E-state index in [1.165, 1.54) is 18.2 Å². The molecule has 0 bridgehead atoms. The van der Waals surface area contributed by atoms with E-state index in [1.54, 1.807) is 24.3 Å². The Labute approximate surface area is 168 Å². The quantitative estimate of drug-likeness (QED) is 0.760. The second-order valence-corrected chi connectivity index (χ2v) is 7.87. The SMILES string of the molecule is OC1(c2ccc(C3=NOC(c4cc(Cl)cc(Cl)c4)(C(F)(F)F)C3)cc2)CNC1. The van der Waals surface area contributed by atoms with Gasteiger partial charge in [-0.25, -0.2) is 0 Å². The zero-order chi connectivity index (χ0) is 20.2. The standard InChI is InChI=1S/C19H15Cl2F3N2O2/c20-14-5-13(6-15(21)7-14)18(19(22,23)24)8-16(26-28-18)11-1-3-12(4-2-11)17(27)9-25-10-17/h1-7,25,27H,8-10H2. The van der Waals surface area contributed by atoms with Crippen LogP contribution in [0.1, 0.15) is 23.1 Å². The summed E-state index contributed by atoms with van der Waals surface area (Å²) in [5.41, 5.74) is -2.48. The molecule has 28 heavy (non-hydrogen) atoms. The van der Waals surface area contributed by atoms with Crippen molar-refractivity contribution in [1.29, 1.82) is 0 Å². The number of hydrogen-bond acceptors (Lipinski definition) is 4. The van der Waals surface area contributed by atoms with Crippen molar-refractivity contribution in [3.8, 4) is 0 Å². The maximum absolute atomic E-state index is 14.0. The first-order chi connectivity index (χ1) is 13.1. The van der Waals surface area contributed by atoms with Gasteiger partial charge in [-0.1, -0.05) is 52.6 Å². The molecule has 2 aliphatic heterocycles. The molecule has 1 unspecified atom stereocenters. The van der Waals surface area contributed by atoms with E-state index in [4.69, 9.17) is 28.0 Å². The van der Waals surface area contributed by atoms with E-state index >= 15 is 0 Å². The zero-order valence-electron chi connectivity index (χ0n) is 14.4. The number of alkyl halides is 3. The van der Waals surface area contributed by atoms with E-state index in [0.29, 0.717) is 24.2 Å². The van der Waals surface area contributed by atoms with Gasteiger partial charge in [0.1, 0.15) is 5.60 Å². The lowest BCUT2D eigenvalue weighted by Gasteiger charge is -2.38. The summed E-state index contributed by atoms with van der Waals surface area (Å²) in [4.78, 5) is 4.98. The molecular formula is C19H15Cl2F3N2O2. The molecule has 2 aromatic carbocycles. The van der Waals surface area contributed by atoms with Crippen LogP contribution < -0.4 is 5.32 Å². The number of aliphatic hydroxyl groups is 1. The van der Waals surface area contributed by atoms with Crippen molar-refractivity contribution in [3.05, 3.63) is 69.2 Å². The molecule has 0 saturated carbocycles. The molecule has 2 heterocycles. The molecule has 4 rings (SSSR count). The molecule has 148 valence electrons. The molecule has 9 heteroatoms. The van der Waals surface area contributed by atoms with E-state index in [9.17, 15) is 18.3 Å². The van der Waals surface area contributed by atoms with Crippen molar-refractivity contribution in [3.63, 3.8) is 0 Å². The van der Waals surface area contributed by atoms with Gasteiger partial charge >= 0.3 is 6.18 Å². The van der Waals surface area contributed by atoms with Gasteiger partial charge in [0.2, 0.25) is 0 Å². The highest BCUT2D eigenvalue weighted by Crippen LogP contribution is 2.49. The molecule has 0 amide bonds. The summed E-state index contributed by atoms with van der Waals surface area (Å²) in [5, 5.41) is 17.2. The van der Waals surface area contributed by atoms with Crippen molar-refractivity contribution in [2.45, 2.75) is 23.8 Å². The molecule has 0 aromatic heterocycles. The van der Waals surface area contributed by atoms with Crippen LogP contribution >= 0.6 is 23.2 Å². The third kappa shape index (κ3) is 3.16. The molecule has 1 atom stereocenters. The van der Waals surface area contributed by atoms with Gasteiger partial charge in [-0.15, -0.1) is 0 Å². The number of rotatable bonds is 3. The average Bonchev–Trinajstić information content (AvgIpc) is 3.06. The van der Waals surface area contributed by atoms with Crippen LogP contribution in [0.15, 0.2) is 47.6 Å². The van der Waals surface area contributed by atoms with Crippen molar-refractivity contribution >= 4 is 28.9 Å². The lowest BCUT2D eigenvalue weighted by atomic mass is 9.85. The minimum Gasteiger partial charge on any atom is -0.382 e. The van der Waals surface area contributed by atoms with E-state index in [-0.39, 0.29) is 21.3 Å². The average molecular weight is 431 g/mol. The van der Waals surface area contributed by atoms with Crippen LogP contribution in [0.25, 0.3) is 0 Å². The fourth-order valence-corrected chi connectivity index (χ4v) is 3.91. The van der Waals surface area contributed by atoms with Gasteiger partial charge in [-0.3, -0.25) is 0 Å². The van der Waals surface area contributed by atoms with Crippen LogP contribution in [0.3, 0.4) is 0 Å². The van der Waals surface area contributed by atoms with Crippen LogP contribution in [0.4, 0.5) is 13.2 Å². The first-order valence-corrected chi connectivity index (χ1v) is 9.21. The molecule has 2 aromatic rings. The number of nitrogens with one attached hydrogen (secondary N) is 1. The van der Waals surface area contributed by atoms with E-state index in [1.807, 2.05) is 0 Å². The summed E-state index contributed by atoms with van der Waals surface area (Å²) in [6, 6.07) is 10.3. The number of oxime groups is 1. The second kappa shape index (κ2) is 6.62. The number of halogens is 5. The third-order valence-corrected chi connectivity index (χ3v) is 5.54. The fourth-order valence-electron chi connectivity index (χ4n) is 3.38. The lowest BCUT2D eigenvalue weighted by molar-refractivity contribution is -0.275. The number of hydrogen-bond donors (Lipinski definition) is 2. The number of benzene rings is 2. The maximum atomic E-state index is 14.0. The summed E-state index contributed by atoms with van der Waals surface area (Å²) >= 11 is 11.8. The fraction of sp³-hybridized carbons (Fsp3) is 0.316. The molecule has 0 aliphatic carbocycles. The second-order valence-electron chi connectivity index (χ2n) is 7.00. The van der Waals surface area contributed by atoms with Crippen molar-refractivity contribution < 1.29 is 23.1 Å². The monoisotopic (exact) mass is 430 g/mol. The van der Waals surface area contributed by atoms with Crippen LogP contribution in [0, 0.1) is 0 Å². The predicted octanol–water partition coefficient (Wildman–Crippen LogP) is 4.37. The molecule has 0 spiro atoms. The Morgan fingerprint density at radius 1 is 1.00 bits per heavy atom. The Hall–Kier alpha value is -1.80. The van der Waals surface area contributed by atoms with Gasteiger partial charge in [-0.2, -0.15) is 13.2 Å². The van der Waals surface area contributed by atoms with Gasteiger partial charge in [0, 0.05) is 35.1 Å². The molecule has 1 fully saturated rings. The van der Waals surface area contributed by atoms with Crippen molar-refractivity contribution in [2.75, 3.05) is 13.1 Å². The highest BCUT2D eigenvalue weighted by molar-refractivity contribution is 6.34. The summed E-state index contributed by atoms with van der Waals surface area (Å²) in [6.07, 6.45) is -5.25. The van der Waals surface area contributed by atoms with Crippen LogP contribution in [0.2, 0.25) is 10.0 Å². The number of nitrogens with zero attached hydrogens (tertiary/aromatic N) is 1. The Balaban J connectivity index is 1.65. The highest BCUT2D eigenvalue weighted by Gasteiger charge is 2.62. The summed E-state index contributed by atoms with van der Waals surface area (Å²) in [5.74, 6) is 0.